The van der Waals surface area contributed by atoms with Gasteiger partial charge in [0.15, 0.2) is 0 Å². The Hall–Kier alpha value is -0.550. The van der Waals surface area contributed by atoms with E-state index in [9.17, 15) is 0 Å². The number of hydrogen-bond acceptors (Lipinski definition) is 4. The molecule has 0 saturated carbocycles. The highest BCUT2D eigenvalue weighted by Crippen LogP contribution is 2.18. The molecule has 0 bridgehead atoms. The first-order valence-corrected chi connectivity index (χ1v) is 7.46. The van der Waals surface area contributed by atoms with Crippen molar-refractivity contribution >= 4 is 11.8 Å². The Morgan fingerprint density at radius 3 is 2.71 bits per heavy atom. The standard InChI is InChI=1S/C12H24N4S/c1-5-6-13-11(9-17-8-10(2)3)12-7-14-15-16(12)4/h7,10-11,13H,5-6,8-9H2,1-4H3. The molecule has 0 aliphatic heterocycles. The van der Waals surface area contributed by atoms with E-state index < -0.39 is 0 Å². The van der Waals surface area contributed by atoms with E-state index >= 15 is 0 Å². The number of hydrogen-bond donors (Lipinski definition) is 1. The van der Waals surface area contributed by atoms with Crippen molar-refractivity contribution in [1.82, 2.24) is 20.3 Å². The molecule has 1 atom stereocenters. The Morgan fingerprint density at radius 2 is 2.18 bits per heavy atom. The molecule has 1 N–H and O–H groups in total. The summed E-state index contributed by atoms with van der Waals surface area (Å²) >= 11 is 2.00. The summed E-state index contributed by atoms with van der Waals surface area (Å²) in [6.45, 7) is 7.74. The average molecular weight is 256 g/mol. The van der Waals surface area contributed by atoms with E-state index in [1.807, 2.05) is 29.7 Å². The highest BCUT2D eigenvalue weighted by atomic mass is 32.2. The van der Waals surface area contributed by atoms with Crippen LogP contribution in [0.3, 0.4) is 0 Å². The van der Waals surface area contributed by atoms with Crippen LogP contribution in [0.15, 0.2) is 6.20 Å². The van der Waals surface area contributed by atoms with Crippen molar-refractivity contribution in [1.29, 1.82) is 0 Å². The molecule has 1 unspecified atom stereocenters. The number of rotatable bonds is 8. The Bertz CT molecular complexity index is 311. The molecule has 1 rings (SSSR count). The zero-order chi connectivity index (χ0) is 12.7. The maximum absolute atomic E-state index is 4.01. The minimum absolute atomic E-state index is 0.360. The second kappa shape index (κ2) is 7.71. The van der Waals surface area contributed by atoms with Gasteiger partial charge in [0.2, 0.25) is 0 Å². The number of aromatic nitrogens is 3. The van der Waals surface area contributed by atoms with E-state index in [0.717, 1.165) is 24.6 Å². The minimum Gasteiger partial charge on any atom is -0.308 e. The Balaban J connectivity index is 2.52. The fraction of sp³-hybridized carbons (Fsp3) is 0.833. The van der Waals surface area contributed by atoms with Crippen molar-refractivity contribution in [2.75, 3.05) is 18.1 Å². The molecule has 0 aliphatic carbocycles. The van der Waals surface area contributed by atoms with Gasteiger partial charge >= 0.3 is 0 Å². The molecule has 98 valence electrons. The van der Waals surface area contributed by atoms with Gasteiger partial charge in [-0.1, -0.05) is 26.0 Å². The predicted molar refractivity (Wildman–Crippen MR) is 74.2 cm³/mol. The molecule has 0 spiro atoms. The van der Waals surface area contributed by atoms with Crippen LogP contribution in [0, 0.1) is 5.92 Å². The minimum atomic E-state index is 0.360. The topological polar surface area (TPSA) is 42.7 Å². The Kier molecular flexibility index (Phi) is 6.58. The Morgan fingerprint density at radius 1 is 1.41 bits per heavy atom. The van der Waals surface area contributed by atoms with Gasteiger partial charge < -0.3 is 5.32 Å². The summed E-state index contributed by atoms with van der Waals surface area (Å²) in [4.78, 5) is 0. The zero-order valence-electron chi connectivity index (χ0n) is 11.3. The smallest absolute Gasteiger partial charge is 0.0761 e. The van der Waals surface area contributed by atoms with E-state index in [2.05, 4.69) is 36.4 Å². The summed E-state index contributed by atoms with van der Waals surface area (Å²) in [6.07, 6.45) is 3.01. The van der Waals surface area contributed by atoms with Gasteiger partial charge in [-0.25, -0.2) is 0 Å². The lowest BCUT2D eigenvalue weighted by Gasteiger charge is -2.18. The van der Waals surface area contributed by atoms with Crippen molar-refractivity contribution < 1.29 is 0 Å². The second-order valence-corrected chi connectivity index (χ2v) is 5.80. The van der Waals surface area contributed by atoms with Gasteiger partial charge in [0.05, 0.1) is 17.9 Å². The third-order valence-corrected chi connectivity index (χ3v) is 3.95. The van der Waals surface area contributed by atoms with Crippen molar-refractivity contribution in [2.45, 2.75) is 33.2 Å². The van der Waals surface area contributed by atoms with E-state index in [-0.39, 0.29) is 0 Å². The van der Waals surface area contributed by atoms with E-state index in [0.29, 0.717) is 6.04 Å². The fourth-order valence-electron chi connectivity index (χ4n) is 1.60. The molecule has 0 amide bonds. The molecular weight excluding hydrogens is 232 g/mol. The molecular formula is C12H24N4S. The van der Waals surface area contributed by atoms with Crippen LogP contribution >= 0.6 is 11.8 Å². The van der Waals surface area contributed by atoms with E-state index in [1.54, 1.807) is 0 Å². The first kappa shape index (κ1) is 14.5. The van der Waals surface area contributed by atoms with Crippen molar-refractivity contribution in [3.05, 3.63) is 11.9 Å². The molecule has 0 aromatic carbocycles. The van der Waals surface area contributed by atoms with Crippen LogP contribution in [-0.4, -0.2) is 33.0 Å². The zero-order valence-corrected chi connectivity index (χ0v) is 12.1. The number of nitrogens with one attached hydrogen (secondary N) is 1. The molecule has 1 aromatic rings. The van der Waals surface area contributed by atoms with Crippen LogP contribution in [0.25, 0.3) is 0 Å². The van der Waals surface area contributed by atoms with Crippen molar-refractivity contribution in [3.8, 4) is 0 Å². The van der Waals surface area contributed by atoms with Crippen LogP contribution in [-0.2, 0) is 7.05 Å². The normalized spacial score (nSPS) is 13.2. The Labute approximate surface area is 109 Å². The second-order valence-electron chi connectivity index (χ2n) is 4.72. The molecule has 0 aliphatic rings. The molecule has 1 heterocycles. The lowest BCUT2D eigenvalue weighted by molar-refractivity contribution is 0.532. The number of aryl methyl sites for hydroxylation is 1. The fourth-order valence-corrected chi connectivity index (χ4v) is 2.73. The highest BCUT2D eigenvalue weighted by Gasteiger charge is 2.15. The van der Waals surface area contributed by atoms with Crippen LogP contribution in [0.5, 0.6) is 0 Å². The maximum Gasteiger partial charge on any atom is 0.0761 e. The van der Waals surface area contributed by atoms with E-state index in [1.165, 1.54) is 11.4 Å². The van der Waals surface area contributed by atoms with Gasteiger partial charge in [-0.15, -0.1) is 5.10 Å². The number of nitrogens with zero attached hydrogens (tertiary/aromatic N) is 3. The maximum atomic E-state index is 4.01. The largest absolute Gasteiger partial charge is 0.308 e. The molecule has 4 nitrogen and oxygen atoms in total. The lowest BCUT2D eigenvalue weighted by Crippen LogP contribution is -2.26. The quantitative estimate of drug-likeness (QED) is 0.774. The average Bonchev–Trinajstić information content (AvgIpc) is 2.69. The summed E-state index contributed by atoms with van der Waals surface area (Å²) in [6, 6.07) is 0.360. The summed E-state index contributed by atoms with van der Waals surface area (Å²) in [5.74, 6) is 3.03. The van der Waals surface area contributed by atoms with Gasteiger partial charge in [0.25, 0.3) is 0 Å². The lowest BCUT2D eigenvalue weighted by atomic mass is 10.2. The van der Waals surface area contributed by atoms with Crippen molar-refractivity contribution in [2.24, 2.45) is 13.0 Å². The summed E-state index contributed by atoms with van der Waals surface area (Å²) < 4.78 is 1.86. The molecule has 17 heavy (non-hydrogen) atoms. The SMILES string of the molecule is CCCNC(CSCC(C)C)c1cnnn1C. The molecule has 0 fully saturated rings. The third kappa shape index (κ3) is 5.08. The molecule has 1 aromatic heterocycles. The van der Waals surface area contributed by atoms with Crippen LogP contribution < -0.4 is 5.32 Å². The van der Waals surface area contributed by atoms with E-state index in [4.69, 9.17) is 0 Å². The first-order chi connectivity index (χ1) is 8.15. The van der Waals surface area contributed by atoms with Gasteiger partial charge in [0, 0.05) is 12.8 Å². The molecule has 0 saturated heterocycles. The highest BCUT2D eigenvalue weighted by molar-refractivity contribution is 7.99. The summed E-state index contributed by atoms with van der Waals surface area (Å²) in [7, 11) is 1.95. The predicted octanol–water partition coefficient (Wildman–Crippen LogP) is 2.25. The van der Waals surface area contributed by atoms with Crippen molar-refractivity contribution in [3.63, 3.8) is 0 Å². The van der Waals surface area contributed by atoms with Gasteiger partial charge in [0.1, 0.15) is 0 Å². The first-order valence-electron chi connectivity index (χ1n) is 6.30. The molecule has 0 radical (unpaired) electrons. The van der Waals surface area contributed by atoms with Crippen LogP contribution in [0.2, 0.25) is 0 Å². The molecule has 5 heteroatoms. The summed E-state index contributed by atoms with van der Waals surface area (Å²) in [5.41, 5.74) is 1.18. The monoisotopic (exact) mass is 256 g/mol. The van der Waals surface area contributed by atoms with Gasteiger partial charge in [-0.3, -0.25) is 4.68 Å². The van der Waals surface area contributed by atoms with Gasteiger partial charge in [-0.05, 0) is 24.6 Å². The van der Waals surface area contributed by atoms with Crippen LogP contribution in [0.1, 0.15) is 38.9 Å². The van der Waals surface area contributed by atoms with Gasteiger partial charge in [-0.2, -0.15) is 11.8 Å². The third-order valence-electron chi connectivity index (χ3n) is 2.48. The van der Waals surface area contributed by atoms with Crippen LogP contribution in [0.4, 0.5) is 0 Å². The number of thioether (sulfide) groups is 1. The summed E-state index contributed by atoms with van der Waals surface area (Å²) in [5, 5.41) is 11.5.